The molecule has 2 rings (SSSR count). The van der Waals surface area contributed by atoms with E-state index in [1.165, 1.54) is 0 Å². The van der Waals surface area contributed by atoms with E-state index in [1.54, 1.807) is 0 Å². The molecule has 0 aromatic carbocycles. The molecule has 0 aromatic heterocycles. The first-order valence-electron chi connectivity index (χ1n) is 6.59. The lowest BCUT2D eigenvalue weighted by atomic mass is 9.42. The Morgan fingerprint density at radius 3 is 2.88 bits per heavy atom. The van der Waals surface area contributed by atoms with E-state index in [2.05, 4.69) is 26.0 Å². The molecule has 3 N–H and O–H groups in total. The fourth-order valence-electron chi connectivity index (χ4n) is 4.21. The van der Waals surface area contributed by atoms with E-state index in [-0.39, 0.29) is 11.8 Å². The minimum atomic E-state index is -0.714. The molecule has 1 fully saturated rings. The van der Waals surface area contributed by atoms with Crippen LogP contribution < -0.4 is 5.73 Å². The van der Waals surface area contributed by atoms with Gasteiger partial charge in [0.15, 0.2) is 0 Å². The van der Waals surface area contributed by atoms with Gasteiger partial charge in [0, 0.05) is 5.41 Å². The topological polar surface area (TPSA) is 63.3 Å². The average molecular weight is 237 g/mol. The number of hydrogen-bond acceptors (Lipinski definition) is 2. The summed E-state index contributed by atoms with van der Waals surface area (Å²) in [6.45, 7) is 5.00. The Morgan fingerprint density at radius 1 is 1.65 bits per heavy atom. The lowest BCUT2D eigenvalue weighted by Gasteiger charge is -2.62. The third-order valence-electron chi connectivity index (χ3n) is 5.29. The third kappa shape index (κ3) is 1.63. The van der Waals surface area contributed by atoms with Gasteiger partial charge >= 0.3 is 5.97 Å². The molecule has 0 aromatic rings. The van der Waals surface area contributed by atoms with Crippen LogP contribution in [0.3, 0.4) is 0 Å². The van der Waals surface area contributed by atoms with Crippen molar-refractivity contribution >= 4 is 5.97 Å². The maximum atomic E-state index is 11.0. The molecule has 0 amide bonds. The van der Waals surface area contributed by atoms with Crippen molar-refractivity contribution in [1.29, 1.82) is 0 Å². The quantitative estimate of drug-likeness (QED) is 0.722. The molecule has 1 unspecified atom stereocenters. The molecule has 0 bridgehead atoms. The number of allylic oxidation sites excluding steroid dienone is 2. The van der Waals surface area contributed by atoms with Crippen LogP contribution in [-0.2, 0) is 4.79 Å². The van der Waals surface area contributed by atoms with E-state index >= 15 is 0 Å². The highest BCUT2D eigenvalue weighted by atomic mass is 16.4. The van der Waals surface area contributed by atoms with Crippen LogP contribution in [0.15, 0.2) is 12.2 Å². The highest BCUT2D eigenvalue weighted by Gasteiger charge is 2.64. The summed E-state index contributed by atoms with van der Waals surface area (Å²) in [7, 11) is 0. The summed E-state index contributed by atoms with van der Waals surface area (Å²) in [6, 6.07) is 0. The molecule has 17 heavy (non-hydrogen) atoms. The van der Waals surface area contributed by atoms with Crippen molar-refractivity contribution in [3.63, 3.8) is 0 Å². The molecular formula is C14H23NO2. The molecule has 0 spiro atoms. The second-order valence-corrected chi connectivity index (χ2v) is 5.97. The van der Waals surface area contributed by atoms with E-state index in [0.29, 0.717) is 23.8 Å². The number of nitrogens with two attached hydrogens (primary N) is 1. The first-order valence-corrected chi connectivity index (χ1v) is 6.59. The van der Waals surface area contributed by atoms with Crippen LogP contribution in [0.2, 0.25) is 0 Å². The minimum absolute atomic E-state index is 0.178. The largest absolute Gasteiger partial charge is 0.481 e. The second-order valence-electron chi connectivity index (χ2n) is 5.97. The summed E-state index contributed by atoms with van der Waals surface area (Å²) in [5.74, 6) is 0.315. The summed E-state index contributed by atoms with van der Waals surface area (Å²) in [5, 5.41) is 9.07. The zero-order valence-corrected chi connectivity index (χ0v) is 10.8. The molecule has 96 valence electrons. The van der Waals surface area contributed by atoms with Crippen molar-refractivity contribution in [2.45, 2.75) is 39.5 Å². The molecular weight excluding hydrogens is 214 g/mol. The molecule has 0 aliphatic heterocycles. The van der Waals surface area contributed by atoms with E-state index in [4.69, 9.17) is 10.8 Å². The van der Waals surface area contributed by atoms with Crippen LogP contribution in [0.25, 0.3) is 0 Å². The number of carboxylic acids is 1. The number of rotatable bonds is 5. The molecule has 0 radical (unpaired) electrons. The van der Waals surface area contributed by atoms with Crippen molar-refractivity contribution in [3.8, 4) is 0 Å². The van der Waals surface area contributed by atoms with Crippen molar-refractivity contribution in [3.05, 3.63) is 12.2 Å². The Hall–Kier alpha value is -0.830. The van der Waals surface area contributed by atoms with E-state index in [0.717, 1.165) is 19.3 Å². The van der Waals surface area contributed by atoms with Gasteiger partial charge < -0.3 is 10.8 Å². The van der Waals surface area contributed by atoms with E-state index in [9.17, 15) is 4.79 Å². The van der Waals surface area contributed by atoms with Crippen molar-refractivity contribution in [1.82, 2.24) is 0 Å². The van der Waals surface area contributed by atoms with Crippen molar-refractivity contribution in [2.75, 3.05) is 6.54 Å². The van der Waals surface area contributed by atoms with E-state index in [1.807, 2.05) is 0 Å². The average Bonchev–Trinajstić information content (AvgIpc) is 2.64. The van der Waals surface area contributed by atoms with Crippen molar-refractivity contribution in [2.24, 2.45) is 28.4 Å². The number of aliphatic carboxylic acids is 1. The third-order valence-corrected chi connectivity index (χ3v) is 5.29. The van der Waals surface area contributed by atoms with Gasteiger partial charge in [-0.1, -0.05) is 32.4 Å². The van der Waals surface area contributed by atoms with Gasteiger partial charge in [-0.3, -0.25) is 4.79 Å². The van der Waals surface area contributed by atoms with Gasteiger partial charge in [0.2, 0.25) is 0 Å². The number of carbonyl (C=O) groups is 1. The fourth-order valence-corrected chi connectivity index (χ4v) is 4.21. The SMILES string of the molecule is CCC(C)[C@]12CC=C[C@H]1[C@](CN)(CC(=O)O)C2. The summed E-state index contributed by atoms with van der Waals surface area (Å²) in [5.41, 5.74) is 6.01. The Morgan fingerprint density at radius 2 is 2.35 bits per heavy atom. The van der Waals surface area contributed by atoms with Crippen LogP contribution in [0.1, 0.15) is 39.5 Å². The number of carboxylic acid groups (broad SMARTS) is 1. The molecule has 2 aliphatic carbocycles. The fraction of sp³-hybridized carbons (Fsp3) is 0.786. The Bertz CT molecular complexity index is 352. The number of fused-ring (bicyclic) bond motifs is 1. The smallest absolute Gasteiger partial charge is 0.303 e. The van der Waals surface area contributed by atoms with Gasteiger partial charge in [-0.05, 0) is 36.6 Å². The van der Waals surface area contributed by atoms with Gasteiger partial charge in [0.1, 0.15) is 0 Å². The normalized spacial score (nSPS) is 40.8. The molecule has 4 atom stereocenters. The zero-order chi connectivity index (χ0) is 12.7. The van der Waals surface area contributed by atoms with Crippen LogP contribution in [0.4, 0.5) is 0 Å². The molecule has 0 saturated heterocycles. The molecule has 0 heterocycles. The summed E-state index contributed by atoms with van der Waals surface area (Å²) >= 11 is 0. The van der Waals surface area contributed by atoms with Gasteiger partial charge in [-0.15, -0.1) is 0 Å². The highest BCUT2D eigenvalue weighted by Crippen LogP contribution is 2.69. The Labute approximate surface area is 103 Å². The lowest BCUT2D eigenvalue weighted by molar-refractivity contribution is -0.157. The lowest BCUT2D eigenvalue weighted by Crippen LogP contribution is -2.60. The maximum Gasteiger partial charge on any atom is 0.303 e. The summed E-state index contributed by atoms with van der Waals surface area (Å²) in [6.07, 6.45) is 7.92. The van der Waals surface area contributed by atoms with Crippen LogP contribution in [0, 0.1) is 22.7 Å². The molecule has 2 aliphatic rings. The van der Waals surface area contributed by atoms with Gasteiger partial charge in [0.25, 0.3) is 0 Å². The predicted octanol–water partition coefficient (Wildman–Crippen LogP) is 2.42. The Balaban J connectivity index is 2.21. The first-order chi connectivity index (χ1) is 8.00. The second kappa shape index (κ2) is 4.13. The maximum absolute atomic E-state index is 11.0. The van der Waals surface area contributed by atoms with Crippen LogP contribution in [0.5, 0.6) is 0 Å². The molecule has 3 heteroatoms. The summed E-state index contributed by atoms with van der Waals surface area (Å²) in [4.78, 5) is 11.0. The van der Waals surface area contributed by atoms with Gasteiger partial charge in [-0.25, -0.2) is 0 Å². The van der Waals surface area contributed by atoms with E-state index < -0.39 is 5.97 Å². The number of hydrogen-bond donors (Lipinski definition) is 2. The zero-order valence-electron chi connectivity index (χ0n) is 10.8. The first kappa shape index (κ1) is 12.6. The standard InChI is InChI=1S/C14H23NO2/c1-3-10(2)14-6-4-5-11(14)13(8-14,9-15)7-12(16)17/h4-5,10-11H,3,6-9,15H2,1-2H3,(H,16,17)/t10?,11-,13+,14+/m0/s1. The van der Waals surface area contributed by atoms with Crippen molar-refractivity contribution < 1.29 is 9.90 Å². The summed E-state index contributed by atoms with van der Waals surface area (Å²) < 4.78 is 0. The Kier molecular flexibility index (Phi) is 3.06. The minimum Gasteiger partial charge on any atom is -0.481 e. The van der Waals surface area contributed by atoms with Gasteiger partial charge in [0.05, 0.1) is 6.42 Å². The van der Waals surface area contributed by atoms with Crippen LogP contribution >= 0.6 is 0 Å². The van der Waals surface area contributed by atoms with Crippen LogP contribution in [-0.4, -0.2) is 17.6 Å². The monoisotopic (exact) mass is 237 g/mol. The molecule has 1 saturated carbocycles. The molecule has 3 nitrogen and oxygen atoms in total. The highest BCUT2D eigenvalue weighted by molar-refractivity contribution is 5.68. The predicted molar refractivity (Wildman–Crippen MR) is 67.5 cm³/mol. The van der Waals surface area contributed by atoms with Gasteiger partial charge in [-0.2, -0.15) is 0 Å².